The van der Waals surface area contributed by atoms with Gasteiger partial charge in [0.1, 0.15) is 6.29 Å². The van der Waals surface area contributed by atoms with Crippen molar-refractivity contribution in [2.24, 2.45) is 0 Å². The lowest BCUT2D eigenvalue weighted by atomic mass is 10.2. The van der Waals surface area contributed by atoms with Crippen LogP contribution in [0.25, 0.3) is 0 Å². The van der Waals surface area contributed by atoms with Crippen molar-refractivity contribution < 1.29 is 9.72 Å². The van der Waals surface area contributed by atoms with Crippen molar-refractivity contribution in [2.75, 3.05) is 6.54 Å². The first kappa shape index (κ1) is 21.3. The Bertz CT molecular complexity index is 606. The second-order valence-corrected chi connectivity index (χ2v) is 4.87. The van der Waals surface area contributed by atoms with E-state index in [1.165, 1.54) is 0 Å². The summed E-state index contributed by atoms with van der Waals surface area (Å²) in [5.74, 6) is 23.7. The summed E-state index contributed by atoms with van der Waals surface area (Å²) in [4.78, 5) is 19.9. The zero-order chi connectivity index (χ0) is 17.7. The number of carbonyl (C=O) groups excluding carboxylic acids is 1. The molecule has 0 aliphatic carbocycles. The molecule has 4 nitrogen and oxygen atoms in total. The Morgan fingerprint density at radius 3 is 1.71 bits per heavy atom. The summed E-state index contributed by atoms with van der Waals surface area (Å²) in [6, 6.07) is 0. The van der Waals surface area contributed by atoms with E-state index in [1.54, 1.807) is 0 Å². The average Bonchev–Trinajstić information content (AvgIpc) is 2.56. The van der Waals surface area contributed by atoms with Crippen molar-refractivity contribution in [2.45, 2.75) is 64.2 Å². The molecular weight excluding hydrogens is 302 g/mol. The summed E-state index contributed by atoms with van der Waals surface area (Å²) in [7, 11) is 0. The minimum absolute atomic E-state index is 0.0473. The van der Waals surface area contributed by atoms with E-state index < -0.39 is 0 Å². The summed E-state index contributed by atoms with van der Waals surface area (Å²) in [6.45, 7) is 0.0473. The number of rotatable bonds is 8. The van der Waals surface area contributed by atoms with Gasteiger partial charge in [-0.05, 0) is 19.3 Å². The van der Waals surface area contributed by atoms with Crippen LogP contribution < -0.4 is 0 Å². The Morgan fingerprint density at radius 2 is 1.21 bits per heavy atom. The second-order valence-electron chi connectivity index (χ2n) is 4.87. The molecule has 24 heavy (non-hydrogen) atoms. The molecule has 4 heteroatoms. The van der Waals surface area contributed by atoms with Crippen LogP contribution in [0, 0.1) is 57.5 Å². The Kier molecular flexibility index (Phi) is 16.3. The molecule has 0 rings (SSSR count). The van der Waals surface area contributed by atoms with E-state index in [1.807, 2.05) is 0 Å². The fraction of sp³-hybridized carbons (Fsp3) is 0.550. The van der Waals surface area contributed by atoms with Crippen molar-refractivity contribution >= 4 is 6.29 Å². The quantitative estimate of drug-likeness (QED) is 0.226. The van der Waals surface area contributed by atoms with Crippen molar-refractivity contribution in [3.8, 4) is 47.4 Å². The maximum atomic E-state index is 10.1. The minimum atomic E-state index is -0.285. The topological polar surface area (TPSA) is 60.2 Å². The van der Waals surface area contributed by atoms with Crippen LogP contribution in [-0.2, 0) is 4.79 Å². The number of unbranched alkanes of at least 4 members (excludes halogenated alkanes) is 5. The predicted octanol–water partition coefficient (Wildman–Crippen LogP) is 3.38. The molecule has 0 amide bonds. The highest BCUT2D eigenvalue weighted by molar-refractivity contribution is 5.49. The summed E-state index contributed by atoms with van der Waals surface area (Å²) in [6.07, 6.45) is 7.77. The van der Waals surface area contributed by atoms with Crippen LogP contribution in [0.4, 0.5) is 0 Å². The van der Waals surface area contributed by atoms with Crippen molar-refractivity contribution in [1.82, 2.24) is 0 Å². The van der Waals surface area contributed by atoms with Crippen molar-refractivity contribution in [3.05, 3.63) is 10.1 Å². The lowest BCUT2D eigenvalue weighted by Crippen LogP contribution is -1.99. The number of hydrogen-bond donors (Lipinski definition) is 0. The van der Waals surface area contributed by atoms with Crippen LogP contribution in [0.1, 0.15) is 64.2 Å². The van der Waals surface area contributed by atoms with E-state index in [9.17, 15) is 14.9 Å². The molecule has 0 saturated carbocycles. The van der Waals surface area contributed by atoms with Gasteiger partial charge < -0.3 is 4.79 Å². The van der Waals surface area contributed by atoms with Crippen molar-refractivity contribution in [1.29, 1.82) is 0 Å². The third-order valence-corrected chi connectivity index (χ3v) is 2.80. The SMILES string of the molecule is O=CCCCC#CCC#CCC#CCC#CCCCCC[N+](=O)[O-]. The normalized spacial score (nSPS) is 8.17. The molecule has 0 aliphatic rings. The van der Waals surface area contributed by atoms with Crippen LogP contribution in [0.3, 0.4) is 0 Å². The third-order valence-electron chi connectivity index (χ3n) is 2.80. The van der Waals surface area contributed by atoms with E-state index in [4.69, 9.17) is 0 Å². The lowest BCUT2D eigenvalue weighted by Gasteiger charge is -1.92. The molecular formula is C20H23NO3. The minimum Gasteiger partial charge on any atom is -0.303 e. The summed E-state index contributed by atoms with van der Waals surface area (Å²) < 4.78 is 0. The van der Waals surface area contributed by atoms with E-state index >= 15 is 0 Å². The van der Waals surface area contributed by atoms with E-state index in [2.05, 4.69) is 47.4 Å². The molecule has 0 saturated heterocycles. The van der Waals surface area contributed by atoms with Crippen LogP contribution in [0.15, 0.2) is 0 Å². The predicted molar refractivity (Wildman–Crippen MR) is 95.2 cm³/mol. The van der Waals surface area contributed by atoms with Gasteiger partial charge in [0, 0.05) is 30.6 Å². The van der Waals surface area contributed by atoms with Crippen LogP contribution in [0.5, 0.6) is 0 Å². The first-order chi connectivity index (χ1) is 11.8. The fourth-order valence-corrected chi connectivity index (χ4v) is 1.59. The van der Waals surface area contributed by atoms with Gasteiger partial charge in [-0.1, -0.05) is 35.5 Å². The third kappa shape index (κ3) is 19.3. The monoisotopic (exact) mass is 325 g/mol. The Morgan fingerprint density at radius 1 is 0.708 bits per heavy atom. The van der Waals surface area contributed by atoms with Gasteiger partial charge in [0.25, 0.3) is 0 Å². The molecule has 0 unspecified atom stereocenters. The molecule has 0 bridgehead atoms. The number of aldehydes is 1. The van der Waals surface area contributed by atoms with Crippen molar-refractivity contribution in [3.63, 3.8) is 0 Å². The zero-order valence-corrected chi connectivity index (χ0v) is 14.0. The zero-order valence-electron chi connectivity index (χ0n) is 14.0. The molecule has 0 aromatic rings. The Balaban J connectivity index is 3.55. The highest BCUT2D eigenvalue weighted by atomic mass is 16.6. The molecule has 0 fully saturated rings. The van der Waals surface area contributed by atoms with Gasteiger partial charge in [0.15, 0.2) is 0 Å². The van der Waals surface area contributed by atoms with Gasteiger partial charge in [-0.2, -0.15) is 0 Å². The number of hydrogen-bond acceptors (Lipinski definition) is 3. The van der Waals surface area contributed by atoms with Gasteiger partial charge in [0.2, 0.25) is 6.54 Å². The first-order valence-corrected chi connectivity index (χ1v) is 8.15. The highest BCUT2D eigenvalue weighted by Gasteiger charge is 1.94. The standard InChI is InChI=1S/C20H23NO3/c22-20-18-16-14-12-10-8-6-4-2-1-3-5-7-9-11-13-15-17-19-21(23)24/h20H,2,5,8,11,13-19H2. The highest BCUT2D eigenvalue weighted by Crippen LogP contribution is 1.98. The first-order valence-electron chi connectivity index (χ1n) is 8.15. The van der Waals surface area contributed by atoms with Gasteiger partial charge in [0.05, 0.1) is 19.3 Å². The van der Waals surface area contributed by atoms with E-state index in [0.717, 1.165) is 38.4 Å². The van der Waals surface area contributed by atoms with Gasteiger partial charge >= 0.3 is 0 Å². The number of nitrogens with zero attached hydrogens (tertiary/aromatic N) is 1. The number of carbonyl (C=O) groups is 1. The fourth-order valence-electron chi connectivity index (χ4n) is 1.59. The molecule has 0 aliphatic heterocycles. The molecule has 0 aromatic carbocycles. The van der Waals surface area contributed by atoms with Gasteiger partial charge in [-0.25, -0.2) is 0 Å². The van der Waals surface area contributed by atoms with Gasteiger partial charge in [-0.15, -0.1) is 11.8 Å². The number of nitro groups is 1. The molecule has 0 spiro atoms. The summed E-state index contributed by atoms with van der Waals surface area (Å²) in [5, 5.41) is 10.1. The van der Waals surface area contributed by atoms with E-state index in [-0.39, 0.29) is 11.5 Å². The van der Waals surface area contributed by atoms with Crippen LogP contribution in [-0.4, -0.2) is 17.8 Å². The maximum absolute atomic E-state index is 10.1. The second kappa shape index (κ2) is 18.4. The molecule has 0 heterocycles. The Labute approximate surface area is 144 Å². The Hall–Kier alpha value is -2.69. The molecule has 126 valence electrons. The smallest absolute Gasteiger partial charge is 0.203 e. The van der Waals surface area contributed by atoms with Crippen LogP contribution >= 0.6 is 0 Å². The maximum Gasteiger partial charge on any atom is 0.203 e. The average molecular weight is 325 g/mol. The molecule has 0 radical (unpaired) electrons. The largest absolute Gasteiger partial charge is 0.303 e. The van der Waals surface area contributed by atoms with Gasteiger partial charge in [-0.3, -0.25) is 10.1 Å². The molecule has 0 N–H and O–H groups in total. The summed E-state index contributed by atoms with van der Waals surface area (Å²) in [5.41, 5.74) is 0. The molecule has 0 aromatic heterocycles. The molecule has 0 atom stereocenters. The lowest BCUT2D eigenvalue weighted by molar-refractivity contribution is -0.480. The summed E-state index contributed by atoms with van der Waals surface area (Å²) >= 11 is 0. The van der Waals surface area contributed by atoms with Crippen LogP contribution in [0.2, 0.25) is 0 Å². The van der Waals surface area contributed by atoms with E-state index in [0.29, 0.717) is 32.1 Å².